The number of hydrogen-bond acceptors (Lipinski definition) is 1. The Morgan fingerprint density at radius 2 is 1.92 bits per heavy atom. The van der Waals surface area contributed by atoms with Gasteiger partial charge in [-0.05, 0) is 30.5 Å². The Morgan fingerprint density at radius 3 is 2.42 bits per heavy atom. The molecule has 1 nitrogen and oxygen atoms in total. The van der Waals surface area contributed by atoms with Crippen LogP contribution in [0.1, 0.15) is 25.3 Å². The number of ether oxygens (including phenoxy) is 1. The average molecular weight is 163 g/mol. The quantitative estimate of drug-likeness (QED) is 0.663. The molecule has 0 bridgehead atoms. The first-order valence-corrected chi connectivity index (χ1v) is 4.34. The summed E-state index contributed by atoms with van der Waals surface area (Å²) in [4.78, 5) is 0. The molecule has 0 heterocycles. The van der Waals surface area contributed by atoms with Gasteiger partial charge in [0.25, 0.3) is 0 Å². The van der Waals surface area contributed by atoms with Gasteiger partial charge in [-0.1, -0.05) is 25.5 Å². The van der Waals surface area contributed by atoms with E-state index in [9.17, 15) is 0 Å². The summed E-state index contributed by atoms with van der Waals surface area (Å²) < 4.78 is 5.06. The van der Waals surface area contributed by atoms with Crippen molar-refractivity contribution in [2.75, 3.05) is 7.11 Å². The zero-order valence-electron chi connectivity index (χ0n) is 7.71. The highest BCUT2D eigenvalue weighted by Crippen LogP contribution is 2.13. The molecule has 0 saturated carbocycles. The topological polar surface area (TPSA) is 9.23 Å². The van der Waals surface area contributed by atoms with Crippen molar-refractivity contribution in [1.82, 2.24) is 0 Å². The number of methoxy groups -OCH3 is 1. The molecule has 0 aromatic heterocycles. The molecule has 0 fully saturated rings. The molecule has 0 saturated heterocycles. The third-order valence-corrected chi connectivity index (χ3v) is 1.78. The molecule has 0 spiro atoms. The Bertz CT molecular complexity index is 213. The fraction of sp³-hybridized carbons (Fsp3) is 0.364. The van der Waals surface area contributed by atoms with E-state index in [2.05, 4.69) is 25.5 Å². The van der Waals surface area contributed by atoms with E-state index in [-0.39, 0.29) is 0 Å². The predicted molar refractivity (Wildman–Crippen MR) is 51.3 cm³/mol. The van der Waals surface area contributed by atoms with Crippen molar-refractivity contribution < 1.29 is 4.74 Å². The summed E-state index contributed by atoms with van der Waals surface area (Å²) in [6.45, 7) is 2.18. The van der Waals surface area contributed by atoms with Gasteiger partial charge in [-0.3, -0.25) is 0 Å². The van der Waals surface area contributed by atoms with Crippen LogP contribution in [0.15, 0.2) is 24.3 Å². The van der Waals surface area contributed by atoms with Crippen LogP contribution in [0.2, 0.25) is 0 Å². The largest absolute Gasteiger partial charge is 0.497 e. The van der Waals surface area contributed by atoms with Gasteiger partial charge in [0.05, 0.1) is 7.11 Å². The van der Waals surface area contributed by atoms with Gasteiger partial charge in [-0.2, -0.15) is 0 Å². The summed E-state index contributed by atoms with van der Waals surface area (Å²) in [6.07, 6.45) is 4.58. The lowest BCUT2D eigenvalue weighted by Crippen LogP contribution is -1.84. The normalized spacial score (nSPS) is 9.83. The van der Waals surface area contributed by atoms with Crippen LogP contribution in [0.3, 0.4) is 0 Å². The fourth-order valence-electron chi connectivity index (χ4n) is 1.05. The van der Waals surface area contributed by atoms with Crippen LogP contribution in [0.5, 0.6) is 5.75 Å². The van der Waals surface area contributed by atoms with Gasteiger partial charge in [-0.15, -0.1) is 0 Å². The van der Waals surface area contributed by atoms with E-state index in [1.165, 1.54) is 12.0 Å². The van der Waals surface area contributed by atoms with E-state index >= 15 is 0 Å². The molecule has 0 atom stereocenters. The van der Waals surface area contributed by atoms with Gasteiger partial charge in [-0.25, -0.2) is 0 Å². The molecule has 1 rings (SSSR count). The number of rotatable bonds is 4. The number of unbranched alkanes of at least 4 members (excludes halogenated alkanes) is 1. The highest BCUT2D eigenvalue weighted by Gasteiger charge is 1.93. The smallest absolute Gasteiger partial charge is 0.118 e. The maximum Gasteiger partial charge on any atom is 0.118 e. The molecule has 0 aliphatic carbocycles. The molecule has 1 radical (unpaired) electrons. The third kappa shape index (κ3) is 2.57. The second-order valence-electron chi connectivity index (χ2n) is 2.77. The number of hydrogen-bond donors (Lipinski definition) is 0. The van der Waals surface area contributed by atoms with E-state index in [0.29, 0.717) is 0 Å². The highest BCUT2D eigenvalue weighted by atomic mass is 16.5. The van der Waals surface area contributed by atoms with Crippen molar-refractivity contribution in [3.8, 4) is 5.75 Å². The summed E-state index contributed by atoms with van der Waals surface area (Å²) in [6, 6.07) is 8.13. The van der Waals surface area contributed by atoms with Crippen LogP contribution in [0, 0.1) is 6.42 Å². The Morgan fingerprint density at radius 1 is 1.25 bits per heavy atom. The van der Waals surface area contributed by atoms with Gasteiger partial charge in [0.15, 0.2) is 0 Å². The molecule has 0 amide bonds. The Hall–Kier alpha value is -0.980. The van der Waals surface area contributed by atoms with Crippen LogP contribution in [0.25, 0.3) is 0 Å². The Balaban J connectivity index is 2.53. The molecule has 0 unspecified atom stereocenters. The molecule has 1 aromatic carbocycles. The lowest BCUT2D eigenvalue weighted by atomic mass is 10.1. The fourth-order valence-corrected chi connectivity index (χ4v) is 1.05. The van der Waals surface area contributed by atoms with Crippen LogP contribution in [0.4, 0.5) is 0 Å². The SMILES string of the molecule is CCC[CH]c1ccc(OC)cc1. The standard InChI is InChI=1S/C11H15O/c1-3-4-5-10-6-8-11(12-2)9-7-10/h5-9H,3-4H2,1-2H3. The molecule has 1 heteroatoms. The summed E-state index contributed by atoms with van der Waals surface area (Å²) in [5.74, 6) is 0.920. The molecule has 1 aromatic rings. The average Bonchev–Trinajstić information content (AvgIpc) is 2.15. The minimum atomic E-state index is 0.920. The minimum absolute atomic E-state index is 0.920. The van der Waals surface area contributed by atoms with Gasteiger partial charge >= 0.3 is 0 Å². The molecular formula is C11H15O. The van der Waals surface area contributed by atoms with Crippen LogP contribution in [-0.4, -0.2) is 7.11 Å². The van der Waals surface area contributed by atoms with Gasteiger partial charge in [0, 0.05) is 0 Å². The molecule has 0 aliphatic rings. The third-order valence-electron chi connectivity index (χ3n) is 1.78. The van der Waals surface area contributed by atoms with Crippen molar-refractivity contribution in [3.63, 3.8) is 0 Å². The molecule has 0 aliphatic heterocycles. The first-order chi connectivity index (χ1) is 5.86. The molecule has 0 N–H and O–H groups in total. The lowest BCUT2D eigenvalue weighted by Gasteiger charge is -2.01. The van der Waals surface area contributed by atoms with E-state index in [0.717, 1.165) is 12.2 Å². The highest BCUT2D eigenvalue weighted by molar-refractivity contribution is 5.30. The maximum atomic E-state index is 5.06. The summed E-state index contributed by atoms with van der Waals surface area (Å²) in [5.41, 5.74) is 1.28. The van der Waals surface area contributed by atoms with Crippen molar-refractivity contribution >= 4 is 0 Å². The van der Waals surface area contributed by atoms with Crippen molar-refractivity contribution in [3.05, 3.63) is 36.2 Å². The zero-order valence-corrected chi connectivity index (χ0v) is 7.71. The summed E-state index contributed by atoms with van der Waals surface area (Å²) in [7, 11) is 1.69. The maximum absolute atomic E-state index is 5.06. The van der Waals surface area contributed by atoms with Gasteiger partial charge < -0.3 is 4.74 Å². The van der Waals surface area contributed by atoms with E-state index < -0.39 is 0 Å². The zero-order chi connectivity index (χ0) is 8.81. The summed E-state index contributed by atoms with van der Waals surface area (Å²) >= 11 is 0. The Kier molecular flexibility index (Phi) is 3.65. The summed E-state index contributed by atoms with van der Waals surface area (Å²) in [5, 5.41) is 0. The van der Waals surface area contributed by atoms with Crippen molar-refractivity contribution in [2.24, 2.45) is 0 Å². The molecular weight excluding hydrogens is 148 g/mol. The first kappa shape index (κ1) is 9.11. The Labute approximate surface area is 74.4 Å². The van der Waals surface area contributed by atoms with Crippen molar-refractivity contribution in [2.45, 2.75) is 19.8 Å². The molecule has 12 heavy (non-hydrogen) atoms. The van der Waals surface area contributed by atoms with Crippen LogP contribution >= 0.6 is 0 Å². The van der Waals surface area contributed by atoms with Crippen molar-refractivity contribution in [1.29, 1.82) is 0 Å². The lowest BCUT2D eigenvalue weighted by molar-refractivity contribution is 0.414. The monoisotopic (exact) mass is 163 g/mol. The molecule has 65 valence electrons. The second-order valence-corrected chi connectivity index (χ2v) is 2.77. The first-order valence-electron chi connectivity index (χ1n) is 4.34. The van der Waals surface area contributed by atoms with E-state index in [1.54, 1.807) is 7.11 Å². The van der Waals surface area contributed by atoms with Gasteiger partial charge in [0.2, 0.25) is 0 Å². The van der Waals surface area contributed by atoms with Gasteiger partial charge in [0.1, 0.15) is 5.75 Å². The minimum Gasteiger partial charge on any atom is -0.497 e. The second kappa shape index (κ2) is 4.81. The predicted octanol–water partition coefficient (Wildman–Crippen LogP) is 3.05. The van der Waals surface area contributed by atoms with Crippen LogP contribution in [-0.2, 0) is 0 Å². The van der Waals surface area contributed by atoms with E-state index in [4.69, 9.17) is 4.74 Å². The van der Waals surface area contributed by atoms with E-state index in [1.807, 2.05) is 12.1 Å². The number of benzene rings is 1. The van der Waals surface area contributed by atoms with Crippen LogP contribution < -0.4 is 4.74 Å².